The molecule has 1 aliphatic heterocycles. The Labute approximate surface area is 169 Å². The topological polar surface area (TPSA) is 59.0 Å². The second-order valence-corrected chi connectivity index (χ2v) is 6.86. The van der Waals surface area contributed by atoms with E-state index in [9.17, 15) is 9.59 Å². The van der Waals surface area contributed by atoms with E-state index in [0.717, 1.165) is 5.56 Å². The number of carbonyl (C=O) groups is 2. The Morgan fingerprint density at radius 3 is 2.54 bits per heavy atom. The van der Waals surface area contributed by atoms with Gasteiger partial charge >= 0.3 is 5.97 Å². The molecule has 0 unspecified atom stereocenters. The summed E-state index contributed by atoms with van der Waals surface area (Å²) in [6.07, 6.45) is 0. The molecule has 1 amide bonds. The van der Waals surface area contributed by atoms with Crippen LogP contribution in [0.15, 0.2) is 41.6 Å². The molecule has 1 heterocycles. The summed E-state index contributed by atoms with van der Waals surface area (Å²) in [6, 6.07) is 10.0. The highest BCUT2D eigenvalue weighted by Crippen LogP contribution is 2.34. The minimum absolute atomic E-state index is 0.0268. The number of nitrogens with zero attached hydrogens (tertiary/aromatic N) is 2. The quantitative estimate of drug-likeness (QED) is 0.401. The maximum atomic E-state index is 12.8. The van der Waals surface area contributed by atoms with Gasteiger partial charge in [-0.3, -0.25) is 4.79 Å². The van der Waals surface area contributed by atoms with Crippen molar-refractivity contribution in [3.8, 4) is 0 Å². The molecule has 1 aliphatic rings. The number of hydrogen-bond acceptors (Lipinski definition) is 4. The lowest BCUT2D eigenvalue weighted by Gasteiger charge is -2.17. The fourth-order valence-electron chi connectivity index (χ4n) is 2.47. The molecule has 0 N–H and O–H groups in total. The smallest absolute Gasteiger partial charge is 0.316 e. The predicted molar refractivity (Wildman–Crippen MR) is 102 cm³/mol. The van der Waals surface area contributed by atoms with Crippen molar-refractivity contribution in [2.75, 3.05) is 10.8 Å². The van der Waals surface area contributed by atoms with E-state index < -0.39 is 11.9 Å². The molecule has 2 aromatic carbocycles. The van der Waals surface area contributed by atoms with Crippen molar-refractivity contribution in [2.45, 2.75) is 6.54 Å². The van der Waals surface area contributed by atoms with Gasteiger partial charge in [0.05, 0.1) is 22.3 Å². The molecule has 2 aromatic rings. The molecular weight excluding hydrogens is 422 g/mol. The third-order valence-electron chi connectivity index (χ3n) is 3.62. The molecule has 0 aromatic heterocycles. The molecule has 0 saturated carbocycles. The number of benzene rings is 2. The van der Waals surface area contributed by atoms with Crippen molar-refractivity contribution in [1.82, 2.24) is 0 Å². The van der Waals surface area contributed by atoms with Crippen molar-refractivity contribution in [3.63, 3.8) is 0 Å². The first-order valence-electron chi connectivity index (χ1n) is 7.30. The Balaban J connectivity index is 1.98. The Bertz CT molecular complexity index is 930. The minimum atomic E-state index is -0.765. The second-order valence-electron chi connectivity index (χ2n) is 5.34. The van der Waals surface area contributed by atoms with Crippen LogP contribution in [0.4, 0.5) is 5.69 Å². The van der Waals surface area contributed by atoms with Gasteiger partial charge in [0.15, 0.2) is 5.71 Å². The first-order valence-corrected chi connectivity index (χ1v) is 8.97. The Kier molecular flexibility index (Phi) is 5.73. The first kappa shape index (κ1) is 19.0. The molecule has 0 atom stereocenters. The van der Waals surface area contributed by atoms with E-state index in [0.29, 0.717) is 26.3 Å². The number of rotatable bonds is 4. The molecule has 0 aliphatic carbocycles. The van der Waals surface area contributed by atoms with Crippen LogP contribution in [0.1, 0.15) is 11.1 Å². The minimum Gasteiger partial charge on any atom is -0.316 e. The van der Waals surface area contributed by atoms with Crippen molar-refractivity contribution >= 4 is 69.7 Å². The van der Waals surface area contributed by atoms with E-state index in [-0.39, 0.29) is 18.1 Å². The molecule has 134 valence electrons. The largest absolute Gasteiger partial charge is 0.349 e. The molecule has 0 fully saturated rings. The third-order valence-corrected chi connectivity index (χ3v) is 4.82. The predicted octanol–water partition coefficient (Wildman–Crippen LogP) is 4.68. The molecule has 0 bridgehead atoms. The lowest BCUT2D eigenvalue weighted by Crippen LogP contribution is -2.29. The SMILES string of the molecule is O=C(CCl)ON=C1C(=O)N(Cc2ccc(Cl)c(Cl)c2)c2ccc(Cl)cc21. The van der Waals surface area contributed by atoms with Gasteiger partial charge in [-0.05, 0) is 35.9 Å². The zero-order valence-corrected chi connectivity index (χ0v) is 16.0. The van der Waals surface area contributed by atoms with E-state index >= 15 is 0 Å². The van der Waals surface area contributed by atoms with Gasteiger partial charge in [0, 0.05) is 10.6 Å². The van der Waals surface area contributed by atoms with E-state index in [2.05, 4.69) is 9.99 Å². The highest BCUT2D eigenvalue weighted by Gasteiger charge is 2.35. The van der Waals surface area contributed by atoms with Crippen LogP contribution in [0.25, 0.3) is 0 Å². The lowest BCUT2D eigenvalue weighted by molar-refractivity contribution is -0.140. The van der Waals surface area contributed by atoms with Crippen LogP contribution >= 0.6 is 46.4 Å². The lowest BCUT2D eigenvalue weighted by atomic mass is 10.1. The van der Waals surface area contributed by atoms with Gasteiger partial charge in [-0.15, -0.1) is 11.6 Å². The number of oxime groups is 1. The summed E-state index contributed by atoms with van der Waals surface area (Å²) in [4.78, 5) is 30.2. The molecule has 0 spiro atoms. The first-order chi connectivity index (χ1) is 12.4. The van der Waals surface area contributed by atoms with Crippen molar-refractivity contribution in [1.29, 1.82) is 0 Å². The van der Waals surface area contributed by atoms with Gasteiger partial charge in [0.2, 0.25) is 0 Å². The van der Waals surface area contributed by atoms with Crippen LogP contribution in [0, 0.1) is 0 Å². The number of fused-ring (bicyclic) bond motifs is 1. The van der Waals surface area contributed by atoms with Crippen molar-refractivity contribution < 1.29 is 14.4 Å². The Morgan fingerprint density at radius 2 is 1.85 bits per heavy atom. The zero-order valence-electron chi connectivity index (χ0n) is 13.0. The fourth-order valence-corrected chi connectivity index (χ4v) is 3.01. The van der Waals surface area contributed by atoms with Gasteiger partial charge in [0.1, 0.15) is 5.88 Å². The summed E-state index contributed by atoms with van der Waals surface area (Å²) in [5, 5.41) is 4.90. The number of alkyl halides is 1. The third kappa shape index (κ3) is 3.81. The maximum Gasteiger partial charge on any atom is 0.349 e. The molecule has 0 radical (unpaired) electrons. The van der Waals surface area contributed by atoms with E-state index in [4.69, 9.17) is 46.4 Å². The standard InChI is InChI=1S/C17H10Cl4N2O3/c18-7-15(24)26-22-16-11-6-10(19)2-4-14(11)23(17(16)25)8-9-1-3-12(20)13(21)5-9/h1-6H,7-8H2. The number of hydrogen-bond donors (Lipinski definition) is 0. The van der Waals surface area contributed by atoms with E-state index in [1.807, 2.05) is 0 Å². The summed E-state index contributed by atoms with van der Waals surface area (Å²) in [6.45, 7) is 0.229. The van der Waals surface area contributed by atoms with Crippen LogP contribution in [0.3, 0.4) is 0 Å². The average molecular weight is 432 g/mol. The number of halogens is 4. The van der Waals surface area contributed by atoms with Gasteiger partial charge in [-0.25, -0.2) is 4.79 Å². The number of carbonyl (C=O) groups excluding carboxylic acids is 2. The monoisotopic (exact) mass is 430 g/mol. The fraction of sp³-hybridized carbons (Fsp3) is 0.118. The van der Waals surface area contributed by atoms with Crippen molar-refractivity contribution in [2.24, 2.45) is 5.16 Å². The van der Waals surface area contributed by atoms with Crippen LogP contribution < -0.4 is 4.90 Å². The summed E-state index contributed by atoms with van der Waals surface area (Å²) in [5.41, 5.74) is 1.80. The van der Waals surface area contributed by atoms with Crippen LogP contribution in [-0.2, 0) is 21.0 Å². The van der Waals surface area contributed by atoms with Gasteiger partial charge < -0.3 is 9.74 Å². The molecule has 9 heteroatoms. The van der Waals surface area contributed by atoms with Crippen LogP contribution in [0.5, 0.6) is 0 Å². The number of anilines is 1. The van der Waals surface area contributed by atoms with E-state index in [1.54, 1.807) is 36.4 Å². The summed E-state index contributed by atoms with van der Waals surface area (Å²) in [7, 11) is 0. The van der Waals surface area contributed by atoms with Crippen molar-refractivity contribution in [3.05, 3.63) is 62.6 Å². The normalized spacial score (nSPS) is 14.7. The van der Waals surface area contributed by atoms with Gasteiger partial charge in [-0.2, -0.15) is 0 Å². The van der Waals surface area contributed by atoms with E-state index in [1.165, 1.54) is 4.90 Å². The van der Waals surface area contributed by atoms with Crippen LogP contribution in [0.2, 0.25) is 15.1 Å². The zero-order chi connectivity index (χ0) is 18.8. The molecule has 5 nitrogen and oxygen atoms in total. The molecule has 0 saturated heterocycles. The Hall–Kier alpha value is -1.79. The van der Waals surface area contributed by atoms with Gasteiger partial charge in [-0.1, -0.05) is 46.0 Å². The molecule has 26 heavy (non-hydrogen) atoms. The maximum absolute atomic E-state index is 12.8. The summed E-state index contributed by atoms with van der Waals surface area (Å²) >= 11 is 23.4. The molecular formula is C17H10Cl4N2O3. The highest BCUT2D eigenvalue weighted by molar-refractivity contribution is 6.54. The molecule has 3 rings (SSSR count). The second kappa shape index (κ2) is 7.84. The average Bonchev–Trinajstić information content (AvgIpc) is 2.87. The van der Waals surface area contributed by atoms with Gasteiger partial charge in [0.25, 0.3) is 5.91 Å². The summed E-state index contributed by atoms with van der Waals surface area (Å²) in [5.74, 6) is -1.57. The van der Waals surface area contributed by atoms with Crippen LogP contribution in [-0.4, -0.2) is 23.5 Å². The highest BCUT2D eigenvalue weighted by atomic mass is 35.5. The Morgan fingerprint density at radius 1 is 1.08 bits per heavy atom. The number of amides is 1. The summed E-state index contributed by atoms with van der Waals surface area (Å²) < 4.78 is 0.